The number of nitrogens with zero attached hydrogens (tertiary/aromatic N) is 1. The van der Waals surface area contributed by atoms with E-state index in [-0.39, 0.29) is 12.3 Å². The highest BCUT2D eigenvalue weighted by atomic mass is 16.4. The summed E-state index contributed by atoms with van der Waals surface area (Å²) in [5.41, 5.74) is -0.174. The number of nitrogens with one attached hydrogen (secondary N) is 2. The van der Waals surface area contributed by atoms with E-state index in [2.05, 4.69) is 10.6 Å². The molecule has 9 heteroatoms. The van der Waals surface area contributed by atoms with Gasteiger partial charge in [0.25, 0.3) is 0 Å². The fourth-order valence-corrected chi connectivity index (χ4v) is 2.57. The molecule has 0 radical (unpaired) electrons. The van der Waals surface area contributed by atoms with Gasteiger partial charge in [0, 0.05) is 13.5 Å². The number of carboxylic acid groups (broad SMARTS) is 2. The predicted octanol–water partition coefficient (Wildman–Crippen LogP) is 0.0982. The smallest absolute Gasteiger partial charge is 0.326 e. The first kappa shape index (κ1) is 23.1. The average molecular weight is 393 g/mol. The van der Waals surface area contributed by atoms with Crippen molar-refractivity contribution in [3.8, 4) is 0 Å². The Morgan fingerprint density at radius 1 is 1.11 bits per heavy atom. The molecule has 4 N–H and O–H groups in total. The largest absolute Gasteiger partial charge is 0.481 e. The van der Waals surface area contributed by atoms with Crippen molar-refractivity contribution in [2.24, 2.45) is 0 Å². The summed E-state index contributed by atoms with van der Waals surface area (Å²) in [5.74, 6) is -3.91. The van der Waals surface area contributed by atoms with Crippen molar-refractivity contribution in [2.45, 2.75) is 44.3 Å². The van der Waals surface area contributed by atoms with Crippen molar-refractivity contribution in [2.75, 3.05) is 14.1 Å². The minimum absolute atomic E-state index is 0.147. The van der Waals surface area contributed by atoms with Gasteiger partial charge < -0.3 is 25.7 Å². The minimum Gasteiger partial charge on any atom is -0.481 e. The van der Waals surface area contributed by atoms with Crippen molar-refractivity contribution in [1.29, 1.82) is 0 Å². The SMILES string of the molecule is CNC(C)(C)C(=O)N(C)[C@@H](Cc1ccccc1)C(=O)N[C@@H](CC(=O)O)C(=O)O. The summed E-state index contributed by atoms with van der Waals surface area (Å²) >= 11 is 0. The van der Waals surface area contributed by atoms with Crippen LogP contribution >= 0.6 is 0 Å². The van der Waals surface area contributed by atoms with Crippen LogP contribution in [0.1, 0.15) is 25.8 Å². The molecule has 28 heavy (non-hydrogen) atoms. The molecule has 0 saturated heterocycles. The Hall–Kier alpha value is -2.94. The van der Waals surface area contributed by atoms with Gasteiger partial charge in [-0.3, -0.25) is 14.4 Å². The van der Waals surface area contributed by atoms with Crippen molar-refractivity contribution < 1.29 is 29.4 Å². The van der Waals surface area contributed by atoms with Crippen LogP contribution in [0, 0.1) is 0 Å². The van der Waals surface area contributed by atoms with E-state index in [1.54, 1.807) is 45.2 Å². The van der Waals surface area contributed by atoms with E-state index in [1.165, 1.54) is 11.9 Å². The molecular weight excluding hydrogens is 366 g/mol. The summed E-state index contributed by atoms with van der Waals surface area (Å²) in [6.07, 6.45) is -0.618. The predicted molar refractivity (Wildman–Crippen MR) is 102 cm³/mol. The molecule has 0 aliphatic carbocycles. The third-order valence-electron chi connectivity index (χ3n) is 4.52. The van der Waals surface area contributed by atoms with Crippen LogP contribution < -0.4 is 10.6 Å². The summed E-state index contributed by atoms with van der Waals surface area (Å²) < 4.78 is 0. The fraction of sp³-hybridized carbons (Fsp3) is 0.474. The first-order chi connectivity index (χ1) is 13.0. The van der Waals surface area contributed by atoms with Crippen LogP contribution in [0.4, 0.5) is 0 Å². The second kappa shape index (κ2) is 9.84. The number of likely N-dealkylation sites (N-methyl/N-ethyl adjacent to an activating group) is 2. The van der Waals surface area contributed by atoms with Crippen molar-refractivity contribution in [1.82, 2.24) is 15.5 Å². The lowest BCUT2D eigenvalue weighted by molar-refractivity contribution is -0.149. The molecule has 0 saturated carbocycles. The van der Waals surface area contributed by atoms with E-state index in [0.717, 1.165) is 5.56 Å². The van der Waals surface area contributed by atoms with Crippen LogP contribution in [0.15, 0.2) is 30.3 Å². The highest BCUT2D eigenvalue weighted by Crippen LogP contribution is 2.14. The highest BCUT2D eigenvalue weighted by molar-refractivity contribution is 5.94. The summed E-state index contributed by atoms with van der Waals surface area (Å²) in [4.78, 5) is 49.0. The summed E-state index contributed by atoms with van der Waals surface area (Å²) in [6.45, 7) is 3.32. The molecule has 0 fully saturated rings. The molecular formula is C19H27N3O6. The van der Waals surface area contributed by atoms with Gasteiger partial charge in [0.1, 0.15) is 12.1 Å². The number of hydrogen-bond acceptors (Lipinski definition) is 5. The average Bonchev–Trinajstić information content (AvgIpc) is 2.64. The summed E-state index contributed by atoms with van der Waals surface area (Å²) in [5, 5.41) is 23.2. The van der Waals surface area contributed by atoms with Crippen molar-refractivity contribution in [3.05, 3.63) is 35.9 Å². The van der Waals surface area contributed by atoms with Gasteiger partial charge in [0.2, 0.25) is 11.8 Å². The van der Waals surface area contributed by atoms with Crippen LogP contribution in [0.5, 0.6) is 0 Å². The molecule has 1 rings (SSSR count). The fourth-order valence-electron chi connectivity index (χ4n) is 2.57. The highest BCUT2D eigenvalue weighted by Gasteiger charge is 2.36. The zero-order valence-electron chi connectivity index (χ0n) is 16.4. The molecule has 154 valence electrons. The maximum absolute atomic E-state index is 12.8. The van der Waals surface area contributed by atoms with Gasteiger partial charge in [0.15, 0.2) is 0 Å². The Balaban J connectivity index is 3.14. The second-order valence-corrected chi connectivity index (χ2v) is 6.99. The topological polar surface area (TPSA) is 136 Å². The Bertz CT molecular complexity index is 720. The molecule has 0 unspecified atom stereocenters. The normalized spacial score (nSPS) is 13.3. The zero-order valence-corrected chi connectivity index (χ0v) is 16.4. The molecule has 1 aromatic carbocycles. The third kappa shape index (κ3) is 6.34. The lowest BCUT2D eigenvalue weighted by Crippen LogP contribution is -2.59. The molecule has 0 aromatic heterocycles. The maximum atomic E-state index is 12.8. The number of hydrogen-bond donors (Lipinski definition) is 4. The lowest BCUT2D eigenvalue weighted by Gasteiger charge is -2.34. The van der Waals surface area contributed by atoms with Crippen LogP contribution in [-0.4, -0.2) is 70.6 Å². The van der Waals surface area contributed by atoms with E-state index in [4.69, 9.17) is 5.11 Å². The third-order valence-corrected chi connectivity index (χ3v) is 4.52. The van der Waals surface area contributed by atoms with E-state index in [0.29, 0.717) is 0 Å². The van der Waals surface area contributed by atoms with E-state index in [1.807, 2.05) is 6.07 Å². The van der Waals surface area contributed by atoms with Gasteiger partial charge in [-0.05, 0) is 26.5 Å². The van der Waals surface area contributed by atoms with Gasteiger partial charge >= 0.3 is 11.9 Å². The van der Waals surface area contributed by atoms with Crippen LogP contribution in [-0.2, 0) is 25.6 Å². The van der Waals surface area contributed by atoms with Crippen LogP contribution in [0.3, 0.4) is 0 Å². The first-order valence-corrected chi connectivity index (χ1v) is 8.74. The summed E-state index contributed by atoms with van der Waals surface area (Å²) in [6, 6.07) is 6.34. The number of benzene rings is 1. The molecule has 2 amide bonds. The number of carbonyl (C=O) groups is 4. The van der Waals surface area contributed by atoms with Crippen LogP contribution in [0.2, 0.25) is 0 Å². The standard InChI is InChI=1S/C19H27N3O6/c1-19(2,20-3)18(28)22(4)14(10-12-8-6-5-7-9-12)16(25)21-13(17(26)27)11-15(23)24/h5-9,13-14,20H,10-11H2,1-4H3,(H,21,25)(H,23,24)(H,26,27)/t13-,14-/m0/s1. The molecule has 0 aliphatic rings. The number of carboxylic acids is 2. The molecule has 0 heterocycles. The van der Waals surface area contributed by atoms with Crippen LogP contribution in [0.25, 0.3) is 0 Å². The minimum atomic E-state index is -1.59. The number of carbonyl (C=O) groups excluding carboxylic acids is 2. The van der Waals surface area contributed by atoms with Gasteiger partial charge in [-0.15, -0.1) is 0 Å². The van der Waals surface area contributed by atoms with Gasteiger partial charge in [-0.2, -0.15) is 0 Å². The van der Waals surface area contributed by atoms with E-state index < -0.39 is 41.9 Å². The zero-order chi connectivity index (χ0) is 21.5. The molecule has 1 aromatic rings. The first-order valence-electron chi connectivity index (χ1n) is 8.74. The molecule has 9 nitrogen and oxygen atoms in total. The van der Waals surface area contributed by atoms with E-state index in [9.17, 15) is 24.3 Å². The Labute approximate surface area is 163 Å². The number of rotatable bonds is 10. The quantitative estimate of drug-likeness (QED) is 0.442. The summed E-state index contributed by atoms with van der Waals surface area (Å²) in [7, 11) is 3.08. The number of aliphatic carboxylic acids is 2. The maximum Gasteiger partial charge on any atom is 0.326 e. The Kier molecular flexibility index (Phi) is 8.12. The number of amides is 2. The lowest BCUT2D eigenvalue weighted by atomic mass is 9.99. The Morgan fingerprint density at radius 3 is 2.14 bits per heavy atom. The van der Waals surface area contributed by atoms with Gasteiger partial charge in [0.05, 0.1) is 12.0 Å². The van der Waals surface area contributed by atoms with Crippen molar-refractivity contribution in [3.63, 3.8) is 0 Å². The molecule has 0 spiro atoms. The monoisotopic (exact) mass is 393 g/mol. The molecule has 2 atom stereocenters. The van der Waals surface area contributed by atoms with Crippen molar-refractivity contribution >= 4 is 23.8 Å². The Morgan fingerprint density at radius 2 is 1.68 bits per heavy atom. The molecule has 0 bridgehead atoms. The molecule has 0 aliphatic heterocycles. The van der Waals surface area contributed by atoms with Gasteiger partial charge in [-0.1, -0.05) is 30.3 Å². The second-order valence-electron chi connectivity index (χ2n) is 6.99. The van der Waals surface area contributed by atoms with E-state index >= 15 is 0 Å². The van der Waals surface area contributed by atoms with Gasteiger partial charge in [-0.25, -0.2) is 4.79 Å².